The zero-order valence-corrected chi connectivity index (χ0v) is 35.3. The summed E-state index contributed by atoms with van der Waals surface area (Å²) in [5.41, 5.74) is 19.4. The first-order valence-electron chi connectivity index (χ1n) is 21.4. The fraction of sp³-hybridized carbons (Fsp3) is 0.103. The number of rotatable bonds is 1. The lowest BCUT2D eigenvalue weighted by atomic mass is 9.53. The summed E-state index contributed by atoms with van der Waals surface area (Å²) in [6.45, 7) is 9.34. The molecule has 13 rings (SSSR count). The first kappa shape index (κ1) is 34.2. The first-order chi connectivity index (χ1) is 29.3. The molecule has 1 nitrogen and oxygen atoms in total. The van der Waals surface area contributed by atoms with Gasteiger partial charge in [-0.25, -0.2) is 0 Å². The van der Waals surface area contributed by atoms with E-state index in [1.54, 1.807) is 0 Å². The van der Waals surface area contributed by atoms with Crippen LogP contribution in [0.3, 0.4) is 0 Å². The Morgan fingerprint density at radius 3 is 1.60 bits per heavy atom. The summed E-state index contributed by atoms with van der Waals surface area (Å²) in [7, 11) is -2.72. The largest absolute Gasteiger partial charge is 0.309 e. The summed E-state index contributed by atoms with van der Waals surface area (Å²) >= 11 is 0. The highest BCUT2D eigenvalue weighted by molar-refractivity contribution is 7.24. The van der Waals surface area contributed by atoms with E-state index in [9.17, 15) is 0 Å². The van der Waals surface area contributed by atoms with Gasteiger partial charge in [-0.05, 0) is 114 Å². The van der Waals surface area contributed by atoms with Crippen LogP contribution in [-0.4, -0.2) is 8.07 Å². The fourth-order valence-corrected chi connectivity index (χ4v) is 18.3. The highest BCUT2D eigenvalue weighted by Crippen LogP contribution is 2.63. The van der Waals surface area contributed by atoms with Crippen molar-refractivity contribution in [2.24, 2.45) is 0 Å². The summed E-state index contributed by atoms with van der Waals surface area (Å²) in [6.07, 6.45) is 0. The molecule has 9 aromatic carbocycles. The van der Waals surface area contributed by atoms with Crippen molar-refractivity contribution in [3.63, 3.8) is 0 Å². The number of hydrogen-bond donors (Lipinski definition) is 0. The molecule has 0 saturated heterocycles. The minimum absolute atomic E-state index is 0.167. The predicted octanol–water partition coefficient (Wildman–Crippen LogP) is 11.6. The summed E-state index contributed by atoms with van der Waals surface area (Å²) < 4.78 is 0. The van der Waals surface area contributed by atoms with Gasteiger partial charge < -0.3 is 4.90 Å². The summed E-state index contributed by atoms with van der Waals surface area (Å²) in [6, 6.07) is 73.0. The Kier molecular flexibility index (Phi) is 6.67. The van der Waals surface area contributed by atoms with Crippen molar-refractivity contribution >= 4 is 56.7 Å². The van der Waals surface area contributed by atoms with Crippen LogP contribution < -0.4 is 25.6 Å². The molecule has 0 unspecified atom stereocenters. The van der Waals surface area contributed by atoms with Gasteiger partial charge in [0.2, 0.25) is 0 Å². The molecule has 2 spiro atoms. The number of aryl methyl sites for hydroxylation is 2. The maximum Gasteiger partial charge on any atom is 0.182 e. The molecule has 284 valence electrons. The van der Waals surface area contributed by atoms with Gasteiger partial charge in [-0.3, -0.25) is 0 Å². The third-order valence-electron chi connectivity index (χ3n) is 14.8. The van der Waals surface area contributed by atoms with Crippen LogP contribution in [-0.2, 0) is 10.8 Å². The van der Waals surface area contributed by atoms with Crippen molar-refractivity contribution < 1.29 is 0 Å². The van der Waals surface area contributed by atoms with E-state index in [1.807, 2.05) is 0 Å². The van der Waals surface area contributed by atoms with E-state index >= 15 is 0 Å². The number of benzene rings is 9. The van der Waals surface area contributed by atoms with Crippen LogP contribution in [0.4, 0.5) is 17.1 Å². The molecule has 2 heteroatoms. The van der Waals surface area contributed by atoms with E-state index in [0.29, 0.717) is 0 Å². The van der Waals surface area contributed by atoms with Gasteiger partial charge in [0.1, 0.15) is 0 Å². The molecule has 3 aliphatic heterocycles. The minimum Gasteiger partial charge on any atom is -0.309 e. The van der Waals surface area contributed by atoms with Crippen LogP contribution >= 0.6 is 0 Å². The number of hydrogen-bond acceptors (Lipinski definition) is 1. The Morgan fingerprint density at radius 2 is 0.917 bits per heavy atom. The minimum atomic E-state index is -2.72. The Bertz CT molecular complexity index is 3250. The molecule has 9 aromatic rings. The molecule has 0 atom stereocenters. The maximum atomic E-state index is 2.64. The van der Waals surface area contributed by atoms with Gasteiger partial charge in [0.15, 0.2) is 8.07 Å². The Hall–Kier alpha value is -6.74. The van der Waals surface area contributed by atoms with E-state index in [0.717, 1.165) is 0 Å². The molecule has 0 radical (unpaired) electrons. The van der Waals surface area contributed by atoms with E-state index < -0.39 is 13.5 Å². The van der Waals surface area contributed by atoms with Gasteiger partial charge in [0.05, 0.1) is 16.8 Å². The van der Waals surface area contributed by atoms with Crippen molar-refractivity contribution in [1.82, 2.24) is 0 Å². The van der Waals surface area contributed by atoms with Gasteiger partial charge in [0.25, 0.3) is 0 Å². The van der Waals surface area contributed by atoms with Crippen molar-refractivity contribution in [2.75, 3.05) is 4.90 Å². The van der Waals surface area contributed by atoms with Crippen LogP contribution in [0.2, 0.25) is 0 Å². The second kappa shape index (κ2) is 11.7. The normalized spacial score (nSPS) is 16.0. The lowest BCUT2D eigenvalue weighted by Crippen LogP contribution is -2.70. The number of anilines is 3. The average molecular weight is 782 g/mol. The fourth-order valence-electron chi connectivity index (χ4n) is 12.4. The van der Waals surface area contributed by atoms with E-state index in [-0.39, 0.29) is 5.41 Å². The zero-order chi connectivity index (χ0) is 40.1. The van der Waals surface area contributed by atoms with Gasteiger partial charge in [-0.15, -0.1) is 0 Å². The highest BCUT2D eigenvalue weighted by Gasteiger charge is 2.56. The second-order valence-electron chi connectivity index (χ2n) is 18.1. The molecule has 0 amide bonds. The van der Waals surface area contributed by atoms with Gasteiger partial charge >= 0.3 is 0 Å². The van der Waals surface area contributed by atoms with Crippen LogP contribution in [0.25, 0.3) is 33.0 Å². The van der Waals surface area contributed by atoms with Crippen LogP contribution in [0.5, 0.6) is 0 Å². The maximum absolute atomic E-state index is 2.72. The second-order valence-corrected chi connectivity index (χ2v) is 21.8. The SMILES string of the molecule is Cc1ccc2c(c1)[Si]1(c3ccccc3-c3ccc(N4c5ccccc5C5(c6ccccc6C(C)(C)c6ccccc65)c5ccc6ccccc6c54)cc31)c1cc(C)ccc1-2. The average Bonchev–Trinajstić information content (AvgIpc) is 3.73. The number of para-hydroxylation sites is 1. The third-order valence-corrected chi connectivity index (χ3v) is 19.7. The lowest BCUT2D eigenvalue weighted by Gasteiger charge is -2.52. The molecule has 0 fully saturated rings. The van der Waals surface area contributed by atoms with E-state index in [2.05, 4.69) is 221 Å². The van der Waals surface area contributed by atoms with Gasteiger partial charge in [-0.2, -0.15) is 0 Å². The summed E-state index contributed by atoms with van der Waals surface area (Å²) in [5.74, 6) is 0. The third kappa shape index (κ3) is 3.98. The molecular formula is C58H43NSi. The molecule has 3 heterocycles. The van der Waals surface area contributed by atoms with E-state index in [4.69, 9.17) is 0 Å². The molecule has 60 heavy (non-hydrogen) atoms. The van der Waals surface area contributed by atoms with Gasteiger partial charge in [-0.1, -0.05) is 195 Å². The monoisotopic (exact) mass is 781 g/mol. The standard InChI is InChI=1S/C58H43NSi/c1-36-25-29-42-43-30-26-37(2)34-54(43)60(53(42)33-36)52-24-14-7-17-41(52)44-31-28-39(35-55(44)60)59-51-23-13-12-22-49(51)58(50-32-27-38-15-5-6-16-40(38)56(50)59)47-20-10-8-18-45(47)57(3,4)46-19-9-11-21-48(46)58/h5-35H,1-4H3. The molecule has 0 aromatic heterocycles. The van der Waals surface area contributed by atoms with Crippen molar-refractivity contribution in [3.05, 3.63) is 233 Å². The highest BCUT2D eigenvalue weighted by atomic mass is 28.3. The molecular weight excluding hydrogens is 739 g/mol. The Balaban J connectivity index is 1.16. The summed E-state index contributed by atoms with van der Waals surface area (Å²) in [5, 5.41) is 8.56. The van der Waals surface area contributed by atoms with Crippen molar-refractivity contribution in [3.8, 4) is 22.3 Å². The molecule has 4 aliphatic rings. The molecule has 0 bridgehead atoms. The van der Waals surface area contributed by atoms with Crippen molar-refractivity contribution in [2.45, 2.75) is 38.5 Å². The predicted molar refractivity (Wildman–Crippen MR) is 254 cm³/mol. The van der Waals surface area contributed by atoms with Crippen molar-refractivity contribution in [1.29, 1.82) is 0 Å². The van der Waals surface area contributed by atoms with Gasteiger partial charge in [0, 0.05) is 16.5 Å². The van der Waals surface area contributed by atoms with Crippen LogP contribution in [0.15, 0.2) is 188 Å². The number of nitrogens with zero attached hydrogens (tertiary/aromatic N) is 1. The molecule has 0 saturated carbocycles. The molecule has 1 aliphatic carbocycles. The lowest BCUT2D eigenvalue weighted by molar-refractivity contribution is 0.557. The zero-order valence-electron chi connectivity index (χ0n) is 34.3. The quantitative estimate of drug-likeness (QED) is 0.150. The smallest absolute Gasteiger partial charge is 0.182 e. The van der Waals surface area contributed by atoms with Crippen LogP contribution in [0.1, 0.15) is 58.4 Å². The number of fused-ring (bicyclic) bond motifs is 20. The first-order valence-corrected chi connectivity index (χ1v) is 23.4. The Morgan fingerprint density at radius 1 is 0.400 bits per heavy atom. The van der Waals surface area contributed by atoms with E-state index in [1.165, 1.54) is 115 Å². The summed E-state index contributed by atoms with van der Waals surface area (Å²) in [4.78, 5) is 2.64. The topological polar surface area (TPSA) is 3.24 Å². The molecule has 0 N–H and O–H groups in total. The van der Waals surface area contributed by atoms with Crippen LogP contribution in [0, 0.1) is 13.8 Å². The Labute approximate surface area is 353 Å².